The van der Waals surface area contributed by atoms with Crippen LogP contribution >= 0.6 is 27.5 Å². The first-order chi connectivity index (χ1) is 21.7. The summed E-state index contributed by atoms with van der Waals surface area (Å²) in [5.74, 6) is -1.30. The molecule has 45 heavy (non-hydrogen) atoms. The van der Waals surface area contributed by atoms with Crippen LogP contribution < -0.4 is 15.6 Å². The number of carbonyl (C=O) groups is 1. The van der Waals surface area contributed by atoms with Gasteiger partial charge in [-0.1, -0.05) is 45.7 Å². The average molecular weight is 691 g/mol. The minimum atomic E-state index is -0.731. The highest BCUT2D eigenvalue weighted by Crippen LogP contribution is 2.34. The predicted molar refractivity (Wildman–Crippen MR) is 171 cm³/mol. The second-order valence-corrected chi connectivity index (χ2v) is 10.9. The van der Waals surface area contributed by atoms with E-state index in [0.29, 0.717) is 11.1 Å². The van der Waals surface area contributed by atoms with Gasteiger partial charge in [0.15, 0.2) is 12.4 Å². The number of benzene rings is 4. The number of anilines is 1. The van der Waals surface area contributed by atoms with Crippen molar-refractivity contribution >= 4 is 72.9 Å². The molecule has 2 aromatic heterocycles. The Balaban J connectivity index is 1.42. The van der Waals surface area contributed by atoms with E-state index >= 15 is 0 Å². The van der Waals surface area contributed by atoms with Crippen LogP contribution in [0.3, 0.4) is 0 Å². The predicted octanol–water partition coefficient (Wildman–Crippen LogP) is 7.17. The summed E-state index contributed by atoms with van der Waals surface area (Å²) in [5, 5.41) is 19.7. The molecule has 4 aromatic carbocycles. The van der Waals surface area contributed by atoms with E-state index < -0.39 is 34.5 Å². The summed E-state index contributed by atoms with van der Waals surface area (Å²) in [7, 11) is 0. The molecule has 0 radical (unpaired) electrons. The summed E-state index contributed by atoms with van der Waals surface area (Å²) >= 11 is 9.62. The second-order valence-electron chi connectivity index (χ2n) is 9.55. The fraction of sp³-hybridized carbons (Fsp3) is 0.0323. The van der Waals surface area contributed by atoms with Crippen molar-refractivity contribution in [2.45, 2.75) is 0 Å². The summed E-state index contributed by atoms with van der Waals surface area (Å²) in [6.45, 7) is -0.670. The maximum absolute atomic E-state index is 13.7. The van der Waals surface area contributed by atoms with Gasteiger partial charge in [-0.25, -0.2) is 9.37 Å². The van der Waals surface area contributed by atoms with E-state index in [4.69, 9.17) is 20.8 Å². The molecule has 6 aromatic rings. The largest absolute Gasteiger partial charge is 0.476 e. The highest BCUT2D eigenvalue weighted by atomic mass is 79.9. The maximum Gasteiger partial charge on any atom is 0.313 e. The van der Waals surface area contributed by atoms with Gasteiger partial charge in [-0.15, -0.1) is 0 Å². The van der Waals surface area contributed by atoms with Gasteiger partial charge < -0.3 is 14.5 Å². The molecule has 1 N–H and O–H groups in total. The summed E-state index contributed by atoms with van der Waals surface area (Å²) in [6.07, 6.45) is 1.14. The topological polar surface area (TPSA) is 142 Å². The van der Waals surface area contributed by atoms with Crippen molar-refractivity contribution in [2.75, 3.05) is 11.9 Å². The standard InChI is InChI=1S/C31H18BrClFN5O6/c32-19-8-9-26-17(10-19)12-27(45-26)30-37-24-7-2-1-6-23(24)31(41)38(30)35-15-18-11-20(33)13-25(39(42)43)29(18)44-16-28(40)36-22-5-3-4-21(34)14-22/h1-15H,16H2,(H,36,40). The molecule has 0 aliphatic rings. The van der Waals surface area contributed by atoms with Crippen molar-refractivity contribution in [1.29, 1.82) is 0 Å². The third kappa shape index (κ3) is 6.30. The van der Waals surface area contributed by atoms with Gasteiger partial charge in [0, 0.05) is 32.2 Å². The molecule has 0 saturated carbocycles. The van der Waals surface area contributed by atoms with E-state index in [1.807, 2.05) is 6.07 Å². The summed E-state index contributed by atoms with van der Waals surface area (Å²) in [6, 6.07) is 21.4. The zero-order chi connectivity index (χ0) is 31.7. The lowest BCUT2D eigenvalue weighted by molar-refractivity contribution is -0.385. The number of hydrogen-bond acceptors (Lipinski definition) is 8. The molecule has 0 saturated heterocycles. The van der Waals surface area contributed by atoms with Gasteiger partial charge in [0.05, 0.1) is 22.0 Å². The first-order valence-electron chi connectivity index (χ1n) is 13.1. The molecule has 0 aliphatic carbocycles. The molecule has 0 aliphatic heterocycles. The Hall–Kier alpha value is -5.40. The van der Waals surface area contributed by atoms with Crippen molar-refractivity contribution in [3.05, 3.63) is 126 Å². The molecule has 0 atom stereocenters. The number of nitro benzene ring substituents is 1. The number of hydrogen-bond donors (Lipinski definition) is 1. The normalized spacial score (nSPS) is 11.4. The summed E-state index contributed by atoms with van der Waals surface area (Å²) in [4.78, 5) is 42.0. The van der Waals surface area contributed by atoms with Crippen molar-refractivity contribution in [3.63, 3.8) is 0 Å². The zero-order valence-corrected chi connectivity index (χ0v) is 25.1. The molecular formula is C31H18BrClFN5O6. The van der Waals surface area contributed by atoms with Crippen LogP contribution in [0.25, 0.3) is 33.5 Å². The Morgan fingerprint density at radius 1 is 1.13 bits per heavy atom. The molecular weight excluding hydrogens is 673 g/mol. The number of nitro groups is 1. The number of carbonyl (C=O) groups excluding carboxylic acids is 1. The Labute approximate surface area is 265 Å². The first kappa shape index (κ1) is 29.7. The zero-order valence-electron chi connectivity index (χ0n) is 22.7. The van der Waals surface area contributed by atoms with E-state index in [1.54, 1.807) is 42.5 Å². The number of aromatic nitrogens is 2. The van der Waals surface area contributed by atoms with Crippen LogP contribution in [-0.4, -0.2) is 33.3 Å². The number of nitrogens with zero attached hydrogens (tertiary/aromatic N) is 4. The Morgan fingerprint density at radius 2 is 1.96 bits per heavy atom. The number of fused-ring (bicyclic) bond motifs is 2. The number of nitrogens with one attached hydrogen (secondary N) is 1. The Morgan fingerprint density at radius 3 is 2.76 bits per heavy atom. The molecule has 2 heterocycles. The number of rotatable bonds is 8. The monoisotopic (exact) mass is 689 g/mol. The minimum absolute atomic E-state index is 0.00713. The van der Waals surface area contributed by atoms with Crippen LogP contribution in [0.5, 0.6) is 5.75 Å². The van der Waals surface area contributed by atoms with Gasteiger partial charge in [0.25, 0.3) is 11.5 Å². The Bertz CT molecular complexity index is 2230. The summed E-state index contributed by atoms with van der Waals surface area (Å²) < 4.78 is 26.9. The second kappa shape index (κ2) is 12.3. The number of ether oxygens (including phenoxy) is 1. The van der Waals surface area contributed by atoms with Crippen LogP contribution in [0, 0.1) is 15.9 Å². The van der Waals surface area contributed by atoms with Gasteiger partial charge >= 0.3 is 5.69 Å². The highest BCUT2D eigenvalue weighted by molar-refractivity contribution is 9.10. The van der Waals surface area contributed by atoms with Crippen LogP contribution in [-0.2, 0) is 4.79 Å². The van der Waals surface area contributed by atoms with Gasteiger partial charge in [-0.2, -0.15) is 9.78 Å². The van der Waals surface area contributed by atoms with Gasteiger partial charge in [-0.3, -0.25) is 19.7 Å². The minimum Gasteiger partial charge on any atom is -0.476 e. The molecule has 0 bridgehead atoms. The smallest absolute Gasteiger partial charge is 0.313 e. The molecule has 11 nitrogen and oxygen atoms in total. The molecule has 1 amide bonds. The number of halogens is 3. The third-order valence-electron chi connectivity index (χ3n) is 6.48. The molecule has 6 rings (SSSR count). The van der Waals surface area contributed by atoms with Crippen molar-refractivity contribution in [3.8, 4) is 17.3 Å². The van der Waals surface area contributed by atoms with Crippen molar-refractivity contribution < 1.29 is 23.3 Å². The van der Waals surface area contributed by atoms with Crippen molar-refractivity contribution in [1.82, 2.24) is 9.66 Å². The van der Waals surface area contributed by atoms with Gasteiger partial charge in [-0.05, 0) is 60.7 Å². The van der Waals surface area contributed by atoms with E-state index in [2.05, 4.69) is 31.3 Å². The van der Waals surface area contributed by atoms with Crippen LogP contribution in [0.2, 0.25) is 5.02 Å². The van der Waals surface area contributed by atoms with Crippen LogP contribution in [0.15, 0.2) is 104 Å². The number of furan rings is 1. The van der Waals surface area contributed by atoms with Gasteiger partial charge in [0.2, 0.25) is 11.6 Å². The number of amides is 1. The summed E-state index contributed by atoms with van der Waals surface area (Å²) in [5.41, 5.74) is 0.0228. The van der Waals surface area contributed by atoms with Crippen LogP contribution in [0.1, 0.15) is 5.56 Å². The maximum atomic E-state index is 13.7. The molecule has 14 heteroatoms. The lowest BCUT2D eigenvalue weighted by Gasteiger charge is -2.11. The quantitative estimate of drug-likeness (QED) is 0.101. The van der Waals surface area contributed by atoms with E-state index in [1.165, 1.54) is 24.3 Å². The first-order valence-corrected chi connectivity index (χ1v) is 14.2. The molecule has 224 valence electrons. The third-order valence-corrected chi connectivity index (χ3v) is 7.19. The lowest BCUT2D eigenvalue weighted by atomic mass is 10.2. The SMILES string of the molecule is O=C(COc1c(C=Nn2c(-c3cc4cc(Br)ccc4o3)nc3ccccc3c2=O)cc(Cl)cc1[N+](=O)[O-])Nc1cccc(F)c1. The van der Waals surface area contributed by atoms with Gasteiger partial charge in [0.1, 0.15) is 11.4 Å². The van der Waals surface area contributed by atoms with E-state index in [-0.39, 0.29) is 39.0 Å². The van der Waals surface area contributed by atoms with Crippen molar-refractivity contribution in [2.24, 2.45) is 5.10 Å². The van der Waals surface area contributed by atoms with Crippen LogP contribution in [0.4, 0.5) is 15.8 Å². The molecule has 0 unspecified atom stereocenters. The Kier molecular flexibility index (Phi) is 8.11. The molecule has 0 spiro atoms. The highest BCUT2D eigenvalue weighted by Gasteiger charge is 2.23. The molecule has 0 fully saturated rings. The fourth-order valence-electron chi connectivity index (χ4n) is 4.52. The fourth-order valence-corrected chi connectivity index (χ4v) is 5.12. The average Bonchev–Trinajstić information content (AvgIpc) is 3.43. The lowest BCUT2D eigenvalue weighted by Crippen LogP contribution is -2.21. The number of para-hydroxylation sites is 1. The van der Waals surface area contributed by atoms with E-state index in [0.717, 1.165) is 32.9 Å². The van der Waals surface area contributed by atoms with E-state index in [9.17, 15) is 24.1 Å².